The highest BCUT2D eigenvalue weighted by Crippen LogP contribution is 2.18. The van der Waals surface area contributed by atoms with Gasteiger partial charge in [-0.1, -0.05) is 307 Å². The summed E-state index contributed by atoms with van der Waals surface area (Å²) in [4.78, 5) is 38.3. The molecule has 1 unspecified atom stereocenters. The van der Waals surface area contributed by atoms with Crippen LogP contribution in [0.5, 0.6) is 0 Å². The van der Waals surface area contributed by atoms with Crippen LogP contribution in [0, 0.1) is 0 Å². The lowest BCUT2D eigenvalue weighted by Crippen LogP contribution is -2.30. The molecule has 0 saturated heterocycles. The number of carbonyl (C=O) groups excluding carboxylic acids is 3. The fraction of sp³-hybridized carbons (Fsp3) is 0.849. The van der Waals surface area contributed by atoms with Crippen molar-refractivity contribution in [3.63, 3.8) is 0 Å². The van der Waals surface area contributed by atoms with Gasteiger partial charge in [0.2, 0.25) is 0 Å². The van der Waals surface area contributed by atoms with Crippen LogP contribution in [0.1, 0.15) is 380 Å². The van der Waals surface area contributed by atoms with Crippen molar-refractivity contribution in [2.45, 2.75) is 386 Å². The molecular formula is C73H134O6. The number of allylic oxidation sites excluding steroid dienone is 8. The molecule has 0 aromatic rings. The summed E-state index contributed by atoms with van der Waals surface area (Å²) < 4.78 is 16.9. The van der Waals surface area contributed by atoms with E-state index in [1.807, 2.05) is 0 Å². The third kappa shape index (κ3) is 66.1. The molecule has 0 aromatic heterocycles. The zero-order valence-corrected chi connectivity index (χ0v) is 53.2. The van der Waals surface area contributed by atoms with Crippen LogP contribution >= 0.6 is 0 Å². The van der Waals surface area contributed by atoms with Gasteiger partial charge in [-0.05, 0) is 103 Å². The highest BCUT2D eigenvalue weighted by Gasteiger charge is 2.19. The van der Waals surface area contributed by atoms with Crippen molar-refractivity contribution in [1.29, 1.82) is 0 Å². The Hall–Kier alpha value is -2.63. The summed E-state index contributed by atoms with van der Waals surface area (Å²) in [5.74, 6) is -0.878. The van der Waals surface area contributed by atoms with Crippen LogP contribution in [0.3, 0.4) is 0 Å². The van der Waals surface area contributed by atoms with Gasteiger partial charge in [0.25, 0.3) is 0 Å². The monoisotopic (exact) mass is 1110 g/mol. The Morgan fingerprint density at radius 3 is 0.722 bits per heavy atom. The predicted octanol–water partition coefficient (Wildman–Crippen LogP) is 24.1. The van der Waals surface area contributed by atoms with Crippen molar-refractivity contribution in [3.05, 3.63) is 48.6 Å². The first-order valence-corrected chi connectivity index (χ1v) is 35.1. The molecule has 0 bridgehead atoms. The van der Waals surface area contributed by atoms with Gasteiger partial charge in [-0.3, -0.25) is 14.4 Å². The van der Waals surface area contributed by atoms with E-state index in [1.165, 1.54) is 250 Å². The van der Waals surface area contributed by atoms with Crippen molar-refractivity contribution in [2.75, 3.05) is 13.2 Å². The second-order valence-corrected chi connectivity index (χ2v) is 23.8. The quantitative estimate of drug-likeness (QED) is 0.0261. The molecule has 0 heterocycles. The van der Waals surface area contributed by atoms with Gasteiger partial charge in [0.15, 0.2) is 6.10 Å². The summed E-state index contributed by atoms with van der Waals surface area (Å²) in [6.45, 7) is 6.65. The van der Waals surface area contributed by atoms with Gasteiger partial charge in [0.05, 0.1) is 0 Å². The average Bonchev–Trinajstić information content (AvgIpc) is 3.45. The van der Waals surface area contributed by atoms with Gasteiger partial charge in [0, 0.05) is 19.3 Å². The van der Waals surface area contributed by atoms with E-state index in [4.69, 9.17) is 14.2 Å². The number of unbranched alkanes of at least 4 members (excludes halogenated alkanes) is 46. The van der Waals surface area contributed by atoms with Gasteiger partial charge < -0.3 is 14.2 Å². The molecule has 0 saturated carbocycles. The predicted molar refractivity (Wildman–Crippen MR) is 344 cm³/mol. The van der Waals surface area contributed by atoms with Crippen molar-refractivity contribution < 1.29 is 28.6 Å². The van der Waals surface area contributed by atoms with E-state index in [-0.39, 0.29) is 31.1 Å². The van der Waals surface area contributed by atoms with Crippen LogP contribution in [-0.2, 0) is 28.6 Å². The van der Waals surface area contributed by atoms with Crippen molar-refractivity contribution in [1.82, 2.24) is 0 Å². The minimum atomic E-state index is -0.783. The third-order valence-electron chi connectivity index (χ3n) is 15.8. The number of carbonyl (C=O) groups is 3. The minimum absolute atomic E-state index is 0.0779. The van der Waals surface area contributed by atoms with Crippen LogP contribution in [0.4, 0.5) is 0 Å². The summed E-state index contributed by atoms with van der Waals surface area (Å²) in [6.07, 6.45) is 85.8. The van der Waals surface area contributed by atoms with Gasteiger partial charge in [0.1, 0.15) is 13.2 Å². The number of hydrogen-bond donors (Lipinski definition) is 0. The van der Waals surface area contributed by atoms with Crippen molar-refractivity contribution in [2.24, 2.45) is 0 Å². The maximum atomic E-state index is 12.9. The lowest BCUT2D eigenvalue weighted by molar-refractivity contribution is -0.167. The van der Waals surface area contributed by atoms with Crippen LogP contribution in [-0.4, -0.2) is 37.2 Å². The van der Waals surface area contributed by atoms with Crippen LogP contribution < -0.4 is 0 Å². The second kappa shape index (κ2) is 67.9. The van der Waals surface area contributed by atoms with Gasteiger partial charge >= 0.3 is 17.9 Å². The van der Waals surface area contributed by atoms with E-state index in [1.54, 1.807) is 0 Å². The van der Waals surface area contributed by atoms with Crippen molar-refractivity contribution in [3.8, 4) is 0 Å². The Kier molecular flexibility index (Phi) is 65.6. The summed E-state index contributed by atoms with van der Waals surface area (Å²) in [7, 11) is 0. The minimum Gasteiger partial charge on any atom is -0.462 e. The van der Waals surface area contributed by atoms with E-state index in [2.05, 4.69) is 69.4 Å². The topological polar surface area (TPSA) is 78.9 Å². The normalized spacial score (nSPS) is 12.3. The van der Waals surface area contributed by atoms with Crippen LogP contribution in [0.15, 0.2) is 48.6 Å². The van der Waals surface area contributed by atoms with Crippen molar-refractivity contribution >= 4 is 17.9 Å². The summed E-state index contributed by atoms with van der Waals surface area (Å²) in [5.41, 5.74) is 0. The molecule has 6 heteroatoms. The first-order valence-electron chi connectivity index (χ1n) is 35.1. The molecule has 0 amide bonds. The molecule has 0 rings (SSSR count). The fourth-order valence-electron chi connectivity index (χ4n) is 10.5. The lowest BCUT2D eigenvalue weighted by atomic mass is 10.0. The van der Waals surface area contributed by atoms with Gasteiger partial charge in [-0.25, -0.2) is 0 Å². The van der Waals surface area contributed by atoms with E-state index >= 15 is 0 Å². The number of rotatable bonds is 65. The summed E-state index contributed by atoms with van der Waals surface area (Å²) in [6, 6.07) is 0. The molecule has 0 fully saturated rings. The molecule has 6 nitrogen and oxygen atoms in total. The fourth-order valence-corrected chi connectivity index (χ4v) is 10.5. The Labute approximate surface area is 492 Å². The van der Waals surface area contributed by atoms with E-state index in [0.29, 0.717) is 19.3 Å². The molecule has 0 spiro atoms. The van der Waals surface area contributed by atoms with Crippen LogP contribution in [0.25, 0.3) is 0 Å². The molecule has 0 radical (unpaired) electrons. The smallest absolute Gasteiger partial charge is 0.306 e. The Morgan fingerprint density at radius 2 is 0.456 bits per heavy atom. The molecule has 462 valence electrons. The molecule has 1 atom stereocenters. The number of ether oxygens (including phenoxy) is 3. The molecule has 0 N–H and O–H groups in total. The number of esters is 3. The zero-order chi connectivity index (χ0) is 57.1. The highest BCUT2D eigenvalue weighted by molar-refractivity contribution is 5.71. The first kappa shape index (κ1) is 76.4. The number of hydrogen-bond acceptors (Lipinski definition) is 6. The molecular weight excluding hydrogens is 973 g/mol. The average molecular weight is 1110 g/mol. The molecule has 79 heavy (non-hydrogen) atoms. The van der Waals surface area contributed by atoms with Crippen LogP contribution in [0.2, 0.25) is 0 Å². The zero-order valence-electron chi connectivity index (χ0n) is 53.2. The highest BCUT2D eigenvalue weighted by atomic mass is 16.6. The molecule has 0 aromatic carbocycles. The van der Waals surface area contributed by atoms with E-state index in [0.717, 1.165) is 89.9 Å². The standard InChI is InChI=1S/C73H134O6/c1-4-7-10-13-16-19-22-25-28-30-31-32-33-34-35-36-37-38-39-40-41-42-43-44-46-48-51-54-57-60-63-66-72(75)78-69-70(68-77-71(74)65-62-59-56-53-50-47-27-24-21-18-15-12-9-6-3)79-73(76)67-64-61-58-55-52-49-45-29-26-23-20-17-14-11-8-5-2/h20,23-24,27,29-31,45,70H,4-19,21-22,25-26,28,32-44,46-69H2,1-3H3/b23-20-,27-24-,31-30-,45-29-. The second-order valence-electron chi connectivity index (χ2n) is 23.8. The lowest BCUT2D eigenvalue weighted by Gasteiger charge is -2.18. The third-order valence-corrected chi connectivity index (χ3v) is 15.8. The molecule has 0 aliphatic carbocycles. The van der Waals surface area contributed by atoms with Gasteiger partial charge in [-0.15, -0.1) is 0 Å². The first-order chi connectivity index (χ1) is 39.0. The Bertz CT molecular complexity index is 1360. The summed E-state index contributed by atoms with van der Waals surface area (Å²) >= 11 is 0. The Balaban J connectivity index is 4.16. The molecule has 0 aliphatic heterocycles. The van der Waals surface area contributed by atoms with Gasteiger partial charge in [-0.2, -0.15) is 0 Å². The maximum Gasteiger partial charge on any atom is 0.306 e. The van der Waals surface area contributed by atoms with E-state index in [9.17, 15) is 14.4 Å². The Morgan fingerprint density at radius 1 is 0.253 bits per heavy atom. The largest absolute Gasteiger partial charge is 0.462 e. The maximum absolute atomic E-state index is 12.9. The summed E-state index contributed by atoms with van der Waals surface area (Å²) in [5, 5.41) is 0. The SMILES string of the molecule is CCCCCC/C=C\C/C=C\CCCCCCCC(=O)OC(COC(=O)CCCCCCC/C=C\CCCCCCC)COC(=O)CCCCCCCCCCCCCCCCCCCCC/C=C\CCCCCCCCCC. The van der Waals surface area contributed by atoms with E-state index < -0.39 is 6.10 Å². The molecule has 0 aliphatic rings.